The number of thiophene rings is 1. The van der Waals surface area contributed by atoms with Crippen molar-refractivity contribution in [3.8, 4) is 5.75 Å². The number of hydrogen-bond donors (Lipinski definition) is 1. The van der Waals surface area contributed by atoms with Gasteiger partial charge in [-0.1, -0.05) is 18.2 Å². The molecule has 1 aliphatic rings. The summed E-state index contributed by atoms with van der Waals surface area (Å²) in [6.45, 7) is 2.63. The Balaban J connectivity index is 1.56. The van der Waals surface area contributed by atoms with E-state index in [0.29, 0.717) is 28.8 Å². The van der Waals surface area contributed by atoms with E-state index in [2.05, 4.69) is 23.7 Å². The van der Waals surface area contributed by atoms with Crippen LogP contribution in [0.3, 0.4) is 0 Å². The van der Waals surface area contributed by atoms with Crippen LogP contribution in [0.25, 0.3) is 0 Å². The summed E-state index contributed by atoms with van der Waals surface area (Å²) in [7, 11) is 1.59. The number of nitrogens with zero attached hydrogens (tertiary/aromatic N) is 2. The summed E-state index contributed by atoms with van der Waals surface area (Å²) in [5.41, 5.74) is 2.58. The molecule has 170 valence electrons. The molecule has 2 heterocycles. The van der Waals surface area contributed by atoms with Gasteiger partial charge in [0.1, 0.15) is 11.8 Å². The van der Waals surface area contributed by atoms with Crippen LogP contribution in [-0.2, 0) is 16.0 Å². The van der Waals surface area contributed by atoms with Gasteiger partial charge in [0.15, 0.2) is 5.11 Å². The Hall–Kier alpha value is -3.23. The maximum atomic E-state index is 13.5. The first-order valence-electron chi connectivity index (χ1n) is 10.6. The maximum absolute atomic E-state index is 13.5. The number of methoxy groups -OCH3 is 1. The lowest BCUT2D eigenvalue weighted by Crippen LogP contribution is -2.39. The van der Waals surface area contributed by atoms with Gasteiger partial charge in [0.25, 0.3) is 5.91 Å². The Morgan fingerprint density at radius 1 is 1.12 bits per heavy atom. The zero-order valence-corrected chi connectivity index (χ0v) is 20.1. The zero-order chi connectivity index (χ0) is 23.4. The van der Waals surface area contributed by atoms with Gasteiger partial charge in [0, 0.05) is 17.1 Å². The van der Waals surface area contributed by atoms with E-state index in [0.717, 1.165) is 6.42 Å². The Bertz CT molecular complexity index is 1150. The molecule has 4 rings (SSSR count). The second-order valence-electron chi connectivity index (χ2n) is 7.76. The van der Waals surface area contributed by atoms with Gasteiger partial charge < -0.3 is 15.0 Å². The molecule has 8 heteroatoms. The van der Waals surface area contributed by atoms with Crippen molar-refractivity contribution < 1.29 is 14.3 Å². The molecule has 1 N–H and O–H groups in total. The third-order valence-electron chi connectivity index (χ3n) is 5.63. The molecule has 1 atom stereocenters. The van der Waals surface area contributed by atoms with E-state index in [1.165, 1.54) is 15.3 Å². The number of nitrogens with one attached hydrogen (secondary N) is 1. The van der Waals surface area contributed by atoms with Gasteiger partial charge in [-0.25, -0.2) is 0 Å². The number of aryl methyl sites for hydroxylation is 1. The molecule has 0 spiro atoms. The van der Waals surface area contributed by atoms with Crippen LogP contribution >= 0.6 is 23.6 Å². The fourth-order valence-electron chi connectivity index (χ4n) is 3.85. The lowest BCUT2D eigenvalue weighted by molar-refractivity contribution is -0.124. The Morgan fingerprint density at radius 2 is 1.85 bits per heavy atom. The third kappa shape index (κ3) is 5.07. The molecule has 2 amide bonds. The van der Waals surface area contributed by atoms with E-state index in [1.807, 2.05) is 35.2 Å². The summed E-state index contributed by atoms with van der Waals surface area (Å²) < 4.78 is 5.23. The molecule has 0 radical (unpaired) electrons. The molecule has 3 aromatic rings. The number of carbonyl (C=O) groups excluding carboxylic acids is 2. The molecular formula is C25H25N3O3S2. The van der Waals surface area contributed by atoms with Crippen molar-refractivity contribution in [2.75, 3.05) is 23.9 Å². The molecule has 6 nitrogen and oxygen atoms in total. The van der Waals surface area contributed by atoms with Crippen molar-refractivity contribution in [1.82, 2.24) is 4.90 Å². The number of thiocarbonyl (C=S) groups is 1. The van der Waals surface area contributed by atoms with E-state index in [1.54, 1.807) is 42.7 Å². The van der Waals surface area contributed by atoms with E-state index >= 15 is 0 Å². The van der Waals surface area contributed by atoms with Crippen LogP contribution < -0.4 is 15.0 Å². The first-order chi connectivity index (χ1) is 16.0. The summed E-state index contributed by atoms with van der Waals surface area (Å²) in [4.78, 5) is 31.0. The van der Waals surface area contributed by atoms with Gasteiger partial charge >= 0.3 is 0 Å². The molecule has 1 saturated heterocycles. The molecule has 1 aliphatic heterocycles. The number of amides is 2. The van der Waals surface area contributed by atoms with Crippen LogP contribution in [0.15, 0.2) is 66.0 Å². The van der Waals surface area contributed by atoms with Gasteiger partial charge in [-0.2, -0.15) is 0 Å². The van der Waals surface area contributed by atoms with Gasteiger partial charge in [0.2, 0.25) is 5.91 Å². The molecule has 0 unspecified atom stereocenters. The fraction of sp³-hybridized carbons (Fsp3) is 0.240. The minimum absolute atomic E-state index is 0.0178. The number of ether oxygens (including phenoxy) is 1. The summed E-state index contributed by atoms with van der Waals surface area (Å²) in [6.07, 6.45) is 0.772. The average molecular weight is 480 g/mol. The van der Waals surface area contributed by atoms with Gasteiger partial charge in [-0.3, -0.25) is 14.5 Å². The van der Waals surface area contributed by atoms with Crippen molar-refractivity contribution in [3.63, 3.8) is 0 Å². The van der Waals surface area contributed by atoms with Crippen LogP contribution in [0.4, 0.5) is 11.4 Å². The number of hydrogen-bond acceptors (Lipinski definition) is 5. The van der Waals surface area contributed by atoms with Crippen molar-refractivity contribution in [2.45, 2.75) is 25.8 Å². The van der Waals surface area contributed by atoms with Gasteiger partial charge in [-0.15, -0.1) is 11.3 Å². The van der Waals surface area contributed by atoms with Crippen LogP contribution in [0, 0.1) is 6.92 Å². The Morgan fingerprint density at radius 3 is 2.48 bits per heavy atom. The van der Waals surface area contributed by atoms with E-state index in [4.69, 9.17) is 17.0 Å². The van der Waals surface area contributed by atoms with Crippen molar-refractivity contribution in [2.24, 2.45) is 0 Å². The second-order valence-corrected chi connectivity index (χ2v) is 9.12. The average Bonchev–Trinajstić information content (AvgIpc) is 3.33. The predicted octanol–water partition coefficient (Wildman–Crippen LogP) is 4.64. The summed E-state index contributed by atoms with van der Waals surface area (Å²) in [5.74, 6) is 0.271. The molecule has 1 aromatic heterocycles. The van der Waals surface area contributed by atoms with E-state index in [9.17, 15) is 9.59 Å². The lowest BCUT2D eigenvalue weighted by Gasteiger charge is -2.24. The Kier molecular flexibility index (Phi) is 7.05. The molecule has 33 heavy (non-hydrogen) atoms. The smallest absolute Gasteiger partial charge is 0.256 e. The highest BCUT2D eigenvalue weighted by Gasteiger charge is 2.44. The fourth-order valence-corrected chi connectivity index (χ4v) is 5.16. The SMILES string of the molecule is COc1ccc(N2C(=O)[C@H](CC(=O)Nc3ccccc3)N(CCc3sccc3C)C2=S)cc1. The maximum Gasteiger partial charge on any atom is 0.256 e. The normalized spacial score (nSPS) is 15.8. The number of carbonyl (C=O) groups is 2. The van der Waals surface area contributed by atoms with Crippen molar-refractivity contribution in [3.05, 3.63) is 76.5 Å². The van der Waals surface area contributed by atoms with Crippen LogP contribution in [-0.4, -0.2) is 41.5 Å². The lowest BCUT2D eigenvalue weighted by atomic mass is 10.1. The van der Waals surface area contributed by atoms with Crippen LogP contribution in [0.2, 0.25) is 0 Å². The molecule has 2 aromatic carbocycles. The van der Waals surface area contributed by atoms with Gasteiger partial charge in [0.05, 0.1) is 19.2 Å². The van der Waals surface area contributed by atoms with E-state index < -0.39 is 6.04 Å². The molecule has 0 aliphatic carbocycles. The molecule has 0 bridgehead atoms. The Labute approximate surface area is 202 Å². The van der Waals surface area contributed by atoms with Crippen molar-refractivity contribution in [1.29, 1.82) is 0 Å². The van der Waals surface area contributed by atoms with E-state index in [-0.39, 0.29) is 18.2 Å². The van der Waals surface area contributed by atoms with Crippen LogP contribution in [0.1, 0.15) is 16.9 Å². The first kappa shape index (κ1) is 22.9. The second kappa shape index (κ2) is 10.1. The standard InChI is InChI=1S/C25H25N3O3S2/c1-17-13-15-33-22(17)12-14-27-21(16-23(29)26-18-6-4-3-5-7-18)24(30)28(25(27)32)19-8-10-20(31-2)11-9-19/h3-11,13,15,21H,12,14,16H2,1-2H3,(H,26,29)/t21-/m0/s1. The number of para-hydroxylation sites is 1. The minimum atomic E-state index is -0.663. The topological polar surface area (TPSA) is 61.9 Å². The monoisotopic (exact) mass is 479 g/mol. The first-order valence-corrected chi connectivity index (χ1v) is 11.9. The summed E-state index contributed by atoms with van der Waals surface area (Å²) >= 11 is 7.43. The summed E-state index contributed by atoms with van der Waals surface area (Å²) in [6, 6.07) is 17.8. The highest BCUT2D eigenvalue weighted by Crippen LogP contribution is 2.29. The van der Waals surface area contributed by atoms with Crippen LogP contribution in [0.5, 0.6) is 5.75 Å². The minimum Gasteiger partial charge on any atom is -0.497 e. The third-order valence-corrected chi connectivity index (χ3v) is 7.13. The largest absolute Gasteiger partial charge is 0.497 e. The number of rotatable bonds is 8. The molecular weight excluding hydrogens is 454 g/mol. The highest BCUT2D eigenvalue weighted by molar-refractivity contribution is 7.80. The molecule has 1 fully saturated rings. The quantitative estimate of drug-likeness (QED) is 0.477. The number of benzene rings is 2. The predicted molar refractivity (Wildman–Crippen MR) is 136 cm³/mol. The highest BCUT2D eigenvalue weighted by atomic mass is 32.1. The molecule has 0 saturated carbocycles. The van der Waals surface area contributed by atoms with Gasteiger partial charge in [-0.05, 0) is 79.0 Å². The summed E-state index contributed by atoms with van der Waals surface area (Å²) in [5, 5.41) is 5.35. The zero-order valence-electron chi connectivity index (χ0n) is 18.5. The van der Waals surface area contributed by atoms with Crippen molar-refractivity contribution >= 4 is 51.9 Å². The number of anilines is 2.